The van der Waals surface area contributed by atoms with Gasteiger partial charge in [-0.15, -0.1) is 0 Å². The van der Waals surface area contributed by atoms with E-state index in [-0.39, 0.29) is 5.69 Å². The molecule has 0 atom stereocenters. The fraction of sp³-hybridized carbons (Fsp3) is 0. The second-order valence-electron chi connectivity index (χ2n) is 5.52. The average Bonchev–Trinajstić information content (AvgIpc) is 3.16. The maximum atomic E-state index is 14.7. The molecule has 0 unspecified atom stereocenters. The molecule has 24 heavy (non-hydrogen) atoms. The summed E-state index contributed by atoms with van der Waals surface area (Å²) in [6.07, 6.45) is 5.79. The number of hydrogen-bond donors (Lipinski definition) is 0. The molecule has 0 spiro atoms. The third kappa shape index (κ3) is 2.01. The number of hydrogen-bond acceptors (Lipinski definition) is 2. The highest BCUT2D eigenvalue weighted by molar-refractivity contribution is 9.10. The largest absolute Gasteiger partial charge is 0.737 e. The Balaban J connectivity index is 2.04. The number of nitrogens with zero attached hydrogens (tertiary/aromatic N) is 3. The topological polar surface area (TPSA) is 51.1 Å². The van der Waals surface area contributed by atoms with E-state index in [4.69, 9.17) is 0 Å². The smallest absolute Gasteiger partial charge is 0.396 e. The zero-order valence-corrected chi connectivity index (χ0v) is 13.7. The third-order valence-electron chi connectivity index (χ3n) is 4.12. The van der Waals surface area contributed by atoms with Crippen LogP contribution in [0, 0.1) is 10.1 Å². The highest BCUT2D eigenvalue weighted by atomic mass is 79.9. The van der Waals surface area contributed by atoms with Gasteiger partial charge >= 0.3 is 6.97 Å². The summed E-state index contributed by atoms with van der Waals surface area (Å²) >= 11 is 3.26. The molecule has 0 aliphatic carbocycles. The van der Waals surface area contributed by atoms with Gasteiger partial charge in [-0.3, -0.25) is 10.1 Å². The van der Waals surface area contributed by atoms with Gasteiger partial charge in [0.25, 0.3) is 5.69 Å². The molecular weight excluding hydrogens is 383 g/mol. The molecule has 0 saturated heterocycles. The van der Waals surface area contributed by atoms with E-state index in [0.717, 1.165) is 8.96 Å². The number of fused-ring (bicyclic) bond motifs is 2. The number of aromatic nitrogens is 1. The van der Waals surface area contributed by atoms with Crippen molar-refractivity contribution in [3.63, 3.8) is 0 Å². The number of halogens is 3. The number of rotatable bonds is 2. The Kier molecular flexibility index (Phi) is 3.11. The minimum absolute atomic E-state index is 0.106. The second-order valence-corrected chi connectivity index (χ2v) is 6.44. The predicted octanol–water partition coefficient (Wildman–Crippen LogP) is 3.81. The number of nitro groups is 1. The maximum absolute atomic E-state index is 14.7. The molecule has 0 fully saturated rings. The molecule has 3 heterocycles. The van der Waals surface area contributed by atoms with Gasteiger partial charge in [0.15, 0.2) is 5.70 Å². The number of allylic oxidation sites excluding steroid dienone is 2. The van der Waals surface area contributed by atoms with Crippen molar-refractivity contribution in [2.75, 3.05) is 0 Å². The van der Waals surface area contributed by atoms with Crippen molar-refractivity contribution in [1.29, 1.82) is 0 Å². The first kappa shape index (κ1) is 15.0. The van der Waals surface area contributed by atoms with E-state index in [1.54, 1.807) is 30.4 Å². The zero-order valence-electron chi connectivity index (χ0n) is 12.1. The molecule has 0 bridgehead atoms. The van der Waals surface area contributed by atoms with Gasteiger partial charge in [-0.05, 0) is 30.0 Å². The van der Waals surface area contributed by atoms with Crippen LogP contribution in [0.1, 0.15) is 11.3 Å². The summed E-state index contributed by atoms with van der Waals surface area (Å²) in [5.41, 5.74) is 1.59. The second kappa shape index (κ2) is 4.97. The number of benzene rings is 1. The number of nitro benzene ring substituents is 1. The SMILES string of the molecule is O=[N+]([O-])c1cc(Br)cc(C2=C3C=CC=[N+]3[B-](F)(F)n3cccc32)c1. The van der Waals surface area contributed by atoms with E-state index in [1.807, 2.05) is 0 Å². The highest BCUT2D eigenvalue weighted by Gasteiger charge is 2.51. The van der Waals surface area contributed by atoms with E-state index < -0.39 is 11.9 Å². The summed E-state index contributed by atoms with van der Waals surface area (Å²) in [6.45, 7) is -3.98. The van der Waals surface area contributed by atoms with Crippen molar-refractivity contribution in [1.82, 2.24) is 4.48 Å². The minimum atomic E-state index is -3.98. The zero-order chi connectivity index (χ0) is 17.1. The molecule has 0 saturated carbocycles. The molecule has 1 aromatic carbocycles. The molecule has 2 aromatic rings. The molecule has 0 N–H and O–H groups in total. The standard InChI is InChI=1S/C15H9BBrF2N3O2/c17-11-7-10(8-12(9-11)22(23)24)15-13-3-1-5-20(13)16(18,19)21-6-2-4-14(15)21/h1-9H. The van der Waals surface area contributed by atoms with Crippen LogP contribution in [-0.4, -0.2) is 27.1 Å². The van der Waals surface area contributed by atoms with E-state index >= 15 is 0 Å². The van der Waals surface area contributed by atoms with Crippen molar-refractivity contribution >= 4 is 40.4 Å². The Hall–Kier alpha value is -2.55. The van der Waals surface area contributed by atoms with E-state index in [0.29, 0.717) is 27.0 Å². The van der Waals surface area contributed by atoms with Crippen molar-refractivity contribution in [3.8, 4) is 0 Å². The molecule has 0 amide bonds. The quantitative estimate of drug-likeness (QED) is 0.444. The van der Waals surface area contributed by atoms with Gasteiger partial charge < -0.3 is 17.6 Å². The Morgan fingerprint density at radius 3 is 2.83 bits per heavy atom. The van der Waals surface area contributed by atoms with E-state index in [9.17, 15) is 18.7 Å². The molecule has 1 aromatic heterocycles. The van der Waals surface area contributed by atoms with Gasteiger partial charge in [0, 0.05) is 34.5 Å². The minimum Gasteiger partial charge on any atom is -0.396 e. The predicted molar refractivity (Wildman–Crippen MR) is 90.1 cm³/mol. The lowest BCUT2D eigenvalue weighted by atomic mass is 9.86. The summed E-state index contributed by atoms with van der Waals surface area (Å²) in [4.78, 5) is 10.6. The Morgan fingerprint density at radius 2 is 2.08 bits per heavy atom. The average molecular weight is 392 g/mol. The molecule has 2 aliphatic rings. The van der Waals surface area contributed by atoms with Gasteiger partial charge in [0.2, 0.25) is 0 Å². The molecule has 2 aliphatic heterocycles. The summed E-state index contributed by atoms with van der Waals surface area (Å²) in [6, 6.07) is 7.60. The first-order valence-corrected chi connectivity index (χ1v) is 7.88. The van der Waals surface area contributed by atoms with Crippen molar-refractivity contribution in [3.05, 3.63) is 80.2 Å². The van der Waals surface area contributed by atoms with Crippen LogP contribution in [0.2, 0.25) is 0 Å². The van der Waals surface area contributed by atoms with Crippen LogP contribution in [0.25, 0.3) is 5.57 Å². The first-order valence-electron chi connectivity index (χ1n) is 7.09. The van der Waals surface area contributed by atoms with Crippen LogP contribution in [0.5, 0.6) is 0 Å². The van der Waals surface area contributed by atoms with Crippen LogP contribution in [0.3, 0.4) is 0 Å². The highest BCUT2D eigenvalue weighted by Crippen LogP contribution is 2.39. The Bertz CT molecular complexity index is 994. The van der Waals surface area contributed by atoms with Gasteiger partial charge in [-0.1, -0.05) is 15.9 Å². The third-order valence-corrected chi connectivity index (χ3v) is 4.58. The fourth-order valence-corrected chi connectivity index (χ4v) is 3.62. The van der Waals surface area contributed by atoms with Crippen LogP contribution in [0.15, 0.2) is 58.9 Å². The molecule has 5 nitrogen and oxygen atoms in total. The normalized spacial score (nSPS) is 17.5. The maximum Gasteiger partial charge on any atom is 0.737 e. The lowest BCUT2D eigenvalue weighted by Gasteiger charge is -2.30. The van der Waals surface area contributed by atoms with Gasteiger partial charge in [-0.25, -0.2) is 0 Å². The van der Waals surface area contributed by atoms with Crippen LogP contribution in [-0.2, 0) is 0 Å². The summed E-state index contributed by atoms with van der Waals surface area (Å²) in [7, 11) is 0. The van der Waals surface area contributed by atoms with Crippen molar-refractivity contribution < 1.29 is 18.0 Å². The van der Waals surface area contributed by atoms with Crippen molar-refractivity contribution in [2.45, 2.75) is 0 Å². The van der Waals surface area contributed by atoms with Crippen LogP contribution < -0.4 is 0 Å². The Labute approximate surface area is 143 Å². The molecule has 9 heteroatoms. The van der Waals surface area contributed by atoms with Gasteiger partial charge in [0.1, 0.15) is 6.21 Å². The molecule has 120 valence electrons. The van der Waals surface area contributed by atoms with E-state index in [1.165, 1.54) is 24.5 Å². The number of non-ortho nitro benzene ring substituents is 1. The van der Waals surface area contributed by atoms with Crippen molar-refractivity contribution in [2.24, 2.45) is 0 Å². The first-order chi connectivity index (χ1) is 11.4. The van der Waals surface area contributed by atoms with Gasteiger partial charge in [0.05, 0.1) is 10.5 Å². The van der Waals surface area contributed by atoms with E-state index in [2.05, 4.69) is 15.9 Å². The molecular formula is C15H9BBrF2N3O2. The summed E-state index contributed by atoms with van der Waals surface area (Å²) in [5, 5.41) is 11.1. The lowest BCUT2D eigenvalue weighted by molar-refractivity contribution is -0.385. The Morgan fingerprint density at radius 1 is 1.29 bits per heavy atom. The molecule has 0 radical (unpaired) electrons. The monoisotopic (exact) mass is 391 g/mol. The van der Waals surface area contributed by atoms with Crippen LogP contribution in [0.4, 0.5) is 14.3 Å². The molecule has 4 rings (SSSR count). The summed E-state index contributed by atoms with van der Waals surface area (Å²) < 4.78 is 31.7. The van der Waals surface area contributed by atoms with Gasteiger partial charge in [-0.2, -0.15) is 0 Å². The summed E-state index contributed by atoms with van der Waals surface area (Å²) in [5.74, 6) is 0. The van der Waals surface area contributed by atoms with Crippen LogP contribution >= 0.6 is 15.9 Å². The lowest BCUT2D eigenvalue weighted by Crippen LogP contribution is -2.49. The fourth-order valence-electron chi connectivity index (χ4n) is 3.14.